The van der Waals surface area contributed by atoms with Crippen molar-refractivity contribution in [3.8, 4) is 11.1 Å². The van der Waals surface area contributed by atoms with E-state index in [1.165, 1.54) is 33.4 Å². The van der Waals surface area contributed by atoms with Crippen molar-refractivity contribution < 1.29 is 8.83 Å². The summed E-state index contributed by atoms with van der Waals surface area (Å²) in [6.45, 7) is 41.4. The van der Waals surface area contributed by atoms with E-state index in [0.717, 1.165) is 111 Å². The predicted molar refractivity (Wildman–Crippen MR) is 380 cm³/mol. The molecule has 1 aliphatic rings. The van der Waals surface area contributed by atoms with Crippen molar-refractivity contribution in [2.45, 2.75) is 163 Å². The van der Waals surface area contributed by atoms with Gasteiger partial charge in [0, 0.05) is 50.0 Å². The Labute approximate surface area is 529 Å². The number of anilines is 6. The van der Waals surface area contributed by atoms with Crippen LogP contribution in [0, 0.1) is 0 Å². The van der Waals surface area contributed by atoms with Gasteiger partial charge >= 0.3 is 0 Å². The summed E-state index contributed by atoms with van der Waals surface area (Å²) >= 11 is 0. The average molecular weight is 1170 g/mol. The lowest BCUT2D eigenvalue weighted by molar-refractivity contribution is 0.590. The van der Waals surface area contributed by atoms with E-state index in [1.807, 2.05) is 0 Å². The first-order chi connectivity index (χ1) is 41.9. The highest BCUT2D eigenvalue weighted by molar-refractivity contribution is 6.26. The fraction of sp³-hybridized carbons (Fsp3) is 0.294. The van der Waals surface area contributed by atoms with E-state index in [4.69, 9.17) is 8.83 Å². The van der Waals surface area contributed by atoms with Crippen LogP contribution in [-0.2, 0) is 37.9 Å². The molecule has 10 aromatic carbocycles. The minimum atomic E-state index is -0.921. The fourth-order valence-electron chi connectivity index (χ4n) is 13.8. The Balaban J connectivity index is 1.26. The van der Waals surface area contributed by atoms with Crippen LogP contribution >= 0.6 is 0 Å². The summed E-state index contributed by atoms with van der Waals surface area (Å²) in [7, 11) is 0. The van der Waals surface area contributed by atoms with E-state index in [2.05, 4.69) is 341 Å². The van der Waals surface area contributed by atoms with Crippen LogP contribution < -0.4 is 9.80 Å². The molecule has 0 amide bonds. The monoisotopic (exact) mass is 1170 g/mol. The Bertz CT molecular complexity index is 4500. The number of fused-ring (bicyclic) bond motifs is 11. The molecule has 2 aromatic heterocycles. The first-order valence-corrected chi connectivity index (χ1v) is 32.1. The van der Waals surface area contributed by atoms with Gasteiger partial charge in [0.2, 0.25) is 0 Å². The summed E-state index contributed by atoms with van der Waals surface area (Å²) < 4.78 is 15.5. The highest BCUT2D eigenvalue weighted by atomic mass is 16.3. The van der Waals surface area contributed by atoms with Crippen LogP contribution in [0.25, 0.3) is 55.0 Å². The molecule has 0 spiro atoms. The third-order valence-corrected chi connectivity index (χ3v) is 19.1. The van der Waals surface area contributed by atoms with Crippen molar-refractivity contribution in [3.63, 3.8) is 0 Å². The SMILES string of the molecule is CC(C)(C)c1ccc(N(c2ccc(C(C)(C)C)cc2)c2cc3c(c4c2oc2ccc(C(C)(C)C)cc24)-c2c(cc(N(c4ccc(C(C)(C)C)cc4)c4ccc(C(C)(C)C)cc4)c4c2oc2ccc(C(C)(C)C)cc24)C3(c2ccccc2)c2ccccc2)cc1. The van der Waals surface area contributed by atoms with Crippen LogP contribution in [0.1, 0.15) is 180 Å². The van der Waals surface area contributed by atoms with E-state index in [0.29, 0.717) is 0 Å². The zero-order valence-electron chi connectivity index (χ0n) is 55.8. The van der Waals surface area contributed by atoms with Gasteiger partial charge in [0.15, 0.2) is 5.58 Å². The maximum atomic E-state index is 7.82. The van der Waals surface area contributed by atoms with E-state index < -0.39 is 5.41 Å². The van der Waals surface area contributed by atoms with Gasteiger partial charge in [-0.05, 0) is 173 Å². The van der Waals surface area contributed by atoms with E-state index in [-0.39, 0.29) is 32.5 Å². The van der Waals surface area contributed by atoms with Crippen molar-refractivity contribution in [1.82, 2.24) is 0 Å². The molecule has 0 fully saturated rings. The summed E-state index contributed by atoms with van der Waals surface area (Å²) in [5.74, 6) is 0. The number of nitrogens with zero attached hydrogens (tertiary/aromatic N) is 2. The van der Waals surface area contributed by atoms with Gasteiger partial charge < -0.3 is 18.6 Å². The summed E-state index contributed by atoms with van der Waals surface area (Å²) in [4.78, 5) is 4.97. The maximum Gasteiger partial charge on any atom is 0.160 e. The van der Waals surface area contributed by atoms with Crippen molar-refractivity contribution >= 4 is 78.0 Å². The molecular weight excluding hydrogens is 1080 g/mol. The highest BCUT2D eigenvalue weighted by Crippen LogP contribution is 2.65. The van der Waals surface area contributed by atoms with E-state index in [9.17, 15) is 0 Å². The molecule has 0 saturated carbocycles. The van der Waals surface area contributed by atoms with Gasteiger partial charge in [-0.15, -0.1) is 0 Å². The van der Waals surface area contributed by atoms with E-state index >= 15 is 0 Å². The Morgan fingerprint density at radius 1 is 0.281 bits per heavy atom. The second-order valence-corrected chi connectivity index (χ2v) is 31.5. The minimum absolute atomic E-state index is 0.0458. The largest absolute Gasteiger partial charge is 0.455 e. The van der Waals surface area contributed by atoms with Crippen LogP contribution in [0.5, 0.6) is 0 Å². The summed E-state index contributed by atoms with van der Waals surface area (Å²) in [5, 5.41) is 4.28. The molecule has 4 nitrogen and oxygen atoms in total. The van der Waals surface area contributed by atoms with Gasteiger partial charge in [0.25, 0.3) is 0 Å². The molecule has 0 radical (unpaired) electrons. The Morgan fingerprint density at radius 3 is 0.944 bits per heavy atom. The first-order valence-electron chi connectivity index (χ1n) is 32.1. The van der Waals surface area contributed by atoms with Crippen LogP contribution in [0.2, 0.25) is 0 Å². The zero-order valence-corrected chi connectivity index (χ0v) is 55.8. The van der Waals surface area contributed by atoms with Crippen LogP contribution in [0.4, 0.5) is 34.1 Å². The lowest BCUT2D eigenvalue weighted by atomic mass is 9.67. The normalized spacial score (nSPS) is 13.8. The van der Waals surface area contributed by atoms with Gasteiger partial charge in [0.1, 0.15) is 16.7 Å². The summed E-state index contributed by atoms with van der Waals surface area (Å²) in [6.07, 6.45) is 0. The predicted octanol–water partition coefficient (Wildman–Crippen LogP) is 24.6. The zero-order chi connectivity index (χ0) is 63.1. The second kappa shape index (κ2) is 20.7. The molecule has 4 heteroatoms. The van der Waals surface area contributed by atoms with Gasteiger partial charge in [0.05, 0.1) is 22.2 Å². The number of furan rings is 2. The fourth-order valence-corrected chi connectivity index (χ4v) is 13.8. The third-order valence-electron chi connectivity index (χ3n) is 19.1. The van der Waals surface area contributed by atoms with Gasteiger partial charge in [-0.1, -0.05) is 246 Å². The highest BCUT2D eigenvalue weighted by Gasteiger charge is 2.51. The van der Waals surface area contributed by atoms with Crippen molar-refractivity contribution in [2.75, 3.05) is 9.80 Å². The smallest absolute Gasteiger partial charge is 0.160 e. The quantitative estimate of drug-likeness (QED) is 0.152. The average Bonchev–Trinajstić information content (AvgIpc) is 1.51. The van der Waals surface area contributed by atoms with Gasteiger partial charge in [-0.2, -0.15) is 0 Å². The lowest BCUT2D eigenvalue weighted by Crippen LogP contribution is -2.29. The van der Waals surface area contributed by atoms with Crippen molar-refractivity contribution in [1.29, 1.82) is 0 Å². The molecule has 1 aliphatic carbocycles. The molecule has 12 aromatic rings. The molecule has 0 aliphatic heterocycles. The second-order valence-electron chi connectivity index (χ2n) is 31.5. The summed E-state index contributed by atoms with van der Waals surface area (Å²) in [6, 6.07) is 78.5. The molecule has 0 bridgehead atoms. The number of hydrogen-bond donors (Lipinski definition) is 0. The molecule has 0 saturated heterocycles. The van der Waals surface area contributed by atoms with Crippen LogP contribution in [0.15, 0.2) is 215 Å². The topological polar surface area (TPSA) is 32.8 Å². The lowest BCUT2D eigenvalue weighted by Gasteiger charge is -2.36. The molecule has 0 atom stereocenters. The van der Waals surface area contributed by atoms with Crippen LogP contribution in [-0.4, -0.2) is 0 Å². The molecule has 13 rings (SSSR count). The minimum Gasteiger partial charge on any atom is -0.455 e. The molecule has 450 valence electrons. The molecule has 2 heterocycles. The Kier molecular flexibility index (Phi) is 13.8. The third kappa shape index (κ3) is 10.1. The van der Waals surface area contributed by atoms with Crippen LogP contribution in [0.3, 0.4) is 0 Å². The Hall–Kier alpha value is -8.60. The molecule has 0 unspecified atom stereocenters. The molecule has 0 N–H and O–H groups in total. The van der Waals surface area contributed by atoms with Crippen molar-refractivity contribution in [2.24, 2.45) is 0 Å². The Morgan fingerprint density at radius 2 is 0.584 bits per heavy atom. The first kappa shape index (κ1) is 59.4. The summed E-state index contributed by atoms with van der Waals surface area (Å²) in [5.41, 5.74) is 22.5. The number of hydrogen-bond acceptors (Lipinski definition) is 4. The van der Waals surface area contributed by atoms with Gasteiger partial charge in [-0.25, -0.2) is 0 Å². The molecular formula is C85H88N2O2. The standard InChI is InChI=1S/C85H88N2O2/c1-79(2,3)53-29-39-61(40-30-53)86(62-41-31-54(32-42-62)80(4,5)6)69-51-68-76(78-73(69)65-49-59(83(13,14)15)37-47-71(65)89-78)75-67(85(68,57-25-21-19-22-26-57)58-27-23-20-24-28-58)52-70(77-74(75)66-50-60(84(16,17)18)38-48-72(66)88-77)87(63-43-33-55(34-44-63)81(7,8)9)64-45-35-56(36-46-64)82(10,11)12/h19-52H,1-18H3. The number of rotatable bonds is 8. The molecule has 89 heavy (non-hydrogen) atoms. The number of benzene rings is 10. The van der Waals surface area contributed by atoms with Crippen molar-refractivity contribution in [3.05, 3.63) is 262 Å². The van der Waals surface area contributed by atoms with E-state index in [1.54, 1.807) is 0 Å². The maximum absolute atomic E-state index is 7.82. The van der Waals surface area contributed by atoms with Gasteiger partial charge in [-0.3, -0.25) is 0 Å².